The quantitative estimate of drug-likeness (QED) is 0.554. The molecule has 1 N–H and O–H groups in total. The lowest BCUT2D eigenvalue weighted by Crippen LogP contribution is -2.62. The molecule has 0 unspecified atom stereocenters. The summed E-state index contributed by atoms with van der Waals surface area (Å²) in [5, 5.41) is 15.3. The molecule has 150 valence electrons. The van der Waals surface area contributed by atoms with E-state index in [1.165, 1.54) is 18.2 Å². The molecule has 0 bridgehead atoms. The van der Waals surface area contributed by atoms with Crippen LogP contribution in [0.2, 0.25) is 5.02 Å². The topological polar surface area (TPSA) is 75.5 Å². The summed E-state index contributed by atoms with van der Waals surface area (Å²) in [6.07, 6.45) is 3.41. The minimum atomic E-state index is -0.534. The van der Waals surface area contributed by atoms with Gasteiger partial charge in [-0.2, -0.15) is 0 Å². The predicted octanol–water partition coefficient (Wildman–Crippen LogP) is 4.80. The minimum absolute atomic E-state index is 0.0191. The van der Waals surface area contributed by atoms with Crippen molar-refractivity contribution in [2.45, 2.75) is 77.4 Å². The molecule has 1 amide bonds. The maximum absolute atomic E-state index is 13.4. The highest BCUT2D eigenvalue weighted by molar-refractivity contribution is 6.31. The first-order chi connectivity index (χ1) is 12.5. The fourth-order valence-electron chi connectivity index (χ4n) is 4.26. The molecule has 1 aromatic rings. The van der Waals surface area contributed by atoms with Crippen LogP contribution in [0, 0.1) is 10.1 Å². The van der Waals surface area contributed by atoms with Crippen molar-refractivity contribution in [3.8, 4) is 0 Å². The van der Waals surface area contributed by atoms with Gasteiger partial charge in [0.25, 0.3) is 11.6 Å². The van der Waals surface area contributed by atoms with E-state index in [0.29, 0.717) is 6.54 Å². The number of piperidine rings is 1. The molecule has 2 rings (SSSR count). The highest BCUT2D eigenvalue weighted by Crippen LogP contribution is 2.33. The Morgan fingerprint density at radius 3 is 2.41 bits per heavy atom. The lowest BCUT2D eigenvalue weighted by molar-refractivity contribution is -0.385. The third-order valence-electron chi connectivity index (χ3n) is 5.01. The first-order valence-corrected chi connectivity index (χ1v) is 9.88. The number of benzene rings is 1. The summed E-state index contributed by atoms with van der Waals surface area (Å²) >= 11 is 5.91. The fraction of sp³-hybridized carbons (Fsp3) is 0.650. The minimum Gasteiger partial charge on any atom is -0.335 e. The molecule has 0 aromatic heterocycles. The van der Waals surface area contributed by atoms with Crippen LogP contribution in [0.15, 0.2) is 18.2 Å². The van der Waals surface area contributed by atoms with E-state index >= 15 is 0 Å². The van der Waals surface area contributed by atoms with Gasteiger partial charge in [-0.1, -0.05) is 24.9 Å². The van der Waals surface area contributed by atoms with Gasteiger partial charge in [0.1, 0.15) is 5.56 Å². The molecular weight excluding hydrogens is 366 g/mol. The summed E-state index contributed by atoms with van der Waals surface area (Å²) in [4.78, 5) is 26.1. The Morgan fingerprint density at radius 1 is 1.30 bits per heavy atom. The Kier molecular flexibility index (Phi) is 6.53. The zero-order chi connectivity index (χ0) is 20.4. The van der Waals surface area contributed by atoms with E-state index < -0.39 is 4.92 Å². The number of rotatable bonds is 6. The van der Waals surface area contributed by atoms with Crippen molar-refractivity contribution < 1.29 is 9.72 Å². The molecule has 6 nitrogen and oxygen atoms in total. The zero-order valence-electron chi connectivity index (χ0n) is 16.8. The maximum Gasteiger partial charge on any atom is 0.283 e. The summed E-state index contributed by atoms with van der Waals surface area (Å²) in [6, 6.07) is 4.28. The van der Waals surface area contributed by atoms with E-state index in [9.17, 15) is 14.9 Å². The van der Waals surface area contributed by atoms with E-state index in [-0.39, 0.29) is 39.3 Å². The average molecular weight is 396 g/mol. The Labute approximate surface area is 166 Å². The number of nitrogens with one attached hydrogen (secondary N) is 1. The fourth-order valence-corrected chi connectivity index (χ4v) is 4.42. The third-order valence-corrected chi connectivity index (χ3v) is 5.24. The molecule has 0 atom stereocenters. The smallest absolute Gasteiger partial charge is 0.283 e. The van der Waals surface area contributed by atoms with Crippen molar-refractivity contribution in [2.75, 3.05) is 6.54 Å². The van der Waals surface area contributed by atoms with Crippen LogP contribution in [0.3, 0.4) is 0 Å². The molecule has 1 heterocycles. The van der Waals surface area contributed by atoms with Crippen molar-refractivity contribution in [1.29, 1.82) is 0 Å². The highest BCUT2D eigenvalue weighted by atomic mass is 35.5. The number of hydrogen-bond donors (Lipinski definition) is 1. The predicted molar refractivity (Wildman–Crippen MR) is 108 cm³/mol. The van der Waals surface area contributed by atoms with E-state index in [2.05, 4.69) is 39.9 Å². The van der Waals surface area contributed by atoms with Gasteiger partial charge in [0.2, 0.25) is 0 Å². The third kappa shape index (κ3) is 5.42. The van der Waals surface area contributed by atoms with Crippen LogP contribution in [0.1, 0.15) is 70.7 Å². The Hall–Kier alpha value is -1.66. The molecule has 0 spiro atoms. The van der Waals surface area contributed by atoms with E-state index in [1.54, 1.807) is 0 Å². The molecular formula is C20H30ClN3O3. The van der Waals surface area contributed by atoms with Crippen LogP contribution in [-0.2, 0) is 0 Å². The van der Waals surface area contributed by atoms with Crippen molar-refractivity contribution in [3.63, 3.8) is 0 Å². The second kappa shape index (κ2) is 8.15. The van der Waals surface area contributed by atoms with Crippen molar-refractivity contribution in [2.24, 2.45) is 0 Å². The molecule has 0 aliphatic carbocycles. The van der Waals surface area contributed by atoms with Crippen molar-refractivity contribution >= 4 is 23.2 Å². The Morgan fingerprint density at radius 2 is 1.89 bits per heavy atom. The summed E-state index contributed by atoms with van der Waals surface area (Å²) in [6.45, 7) is 11.2. The summed E-state index contributed by atoms with van der Waals surface area (Å²) in [5.74, 6) is -0.287. The Balaban J connectivity index is 2.42. The number of nitro benzene ring substituents is 1. The first-order valence-electron chi connectivity index (χ1n) is 9.50. The summed E-state index contributed by atoms with van der Waals surface area (Å²) in [7, 11) is 0. The van der Waals surface area contributed by atoms with Crippen molar-refractivity contribution in [3.05, 3.63) is 38.9 Å². The van der Waals surface area contributed by atoms with Crippen molar-refractivity contribution in [1.82, 2.24) is 10.2 Å². The molecule has 0 saturated carbocycles. The maximum atomic E-state index is 13.4. The second-order valence-corrected chi connectivity index (χ2v) is 9.16. The Bertz CT molecular complexity index is 702. The van der Waals surface area contributed by atoms with Gasteiger partial charge in [-0.15, -0.1) is 0 Å². The first kappa shape index (κ1) is 21.6. The molecule has 1 aromatic carbocycles. The van der Waals surface area contributed by atoms with Gasteiger partial charge in [0, 0.05) is 34.8 Å². The van der Waals surface area contributed by atoms with Gasteiger partial charge < -0.3 is 10.2 Å². The number of carbonyl (C=O) groups is 1. The number of carbonyl (C=O) groups excluding carboxylic acids is 1. The molecule has 1 saturated heterocycles. The number of halogens is 1. The summed E-state index contributed by atoms with van der Waals surface area (Å²) in [5.41, 5.74) is -0.372. The molecule has 1 aliphatic heterocycles. The number of nitrogens with zero attached hydrogens (tertiary/aromatic N) is 2. The van der Waals surface area contributed by atoms with Crippen LogP contribution in [-0.4, -0.2) is 39.4 Å². The SMILES string of the molecule is CCCCN(C(=O)c1ccc(Cl)cc1[N+](=O)[O-])C1CC(C)(C)NC(C)(C)C1. The van der Waals surface area contributed by atoms with Gasteiger partial charge >= 0.3 is 0 Å². The van der Waals surface area contributed by atoms with Crippen LogP contribution in [0.5, 0.6) is 0 Å². The zero-order valence-corrected chi connectivity index (χ0v) is 17.6. The average Bonchev–Trinajstić information content (AvgIpc) is 2.51. The van der Waals surface area contributed by atoms with E-state index in [0.717, 1.165) is 25.7 Å². The van der Waals surface area contributed by atoms with Crippen LogP contribution >= 0.6 is 11.6 Å². The normalized spacial score (nSPS) is 18.9. The molecule has 1 aliphatic rings. The van der Waals surface area contributed by atoms with Gasteiger partial charge in [0.05, 0.1) is 4.92 Å². The standard InChI is InChI=1S/C20H30ClN3O3/c1-6-7-10-23(15-12-19(2,3)22-20(4,5)13-15)18(25)16-9-8-14(21)11-17(16)24(26)27/h8-9,11,15,22H,6-7,10,12-13H2,1-5H3. The number of hydrogen-bond acceptors (Lipinski definition) is 4. The van der Waals surface area contributed by atoms with Gasteiger partial charge in [-0.25, -0.2) is 0 Å². The van der Waals surface area contributed by atoms with Gasteiger partial charge in [-0.05, 0) is 59.1 Å². The molecule has 0 radical (unpaired) electrons. The van der Waals surface area contributed by atoms with Gasteiger partial charge in [-0.3, -0.25) is 14.9 Å². The van der Waals surface area contributed by atoms with E-state index in [4.69, 9.17) is 11.6 Å². The number of nitro groups is 1. The lowest BCUT2D eigenvalue weighted by Gasteiger charge is -2.49. The molecule has 7 heteroatoms. The van der Waals surface area contributed by atoms with E-state index in [1.807, 2.05) is 4.90 Å². The lowest BCUT2D eigenvalue weighted by atomic mass is 9.78. The van der Waals surface area contributed by atoms with Crippen LogP contribution in [0.25, 0.3) is 0 Å². The summed E-state index contributed by atoms with van der Waals surface area (Å²) < 4.78 is 0. The molecule has 1 fully saturated rings. The van der Waals surface area contributed by atoms with Crippen LogP contribution < -0.4 is 5.32 Å². The van der Waals surface area contributed by atoms with Crippen LogP contribution in [0.4, 0.5) is 5.69 Å². The molecule has 27 heavy (non-hydrogen) atoms. The monoisotopic (exact) mass is 395 g/mol. The highest BCUT2D eigenvalue weighted by Gasteiger charge is 2.41. The second-order valence-electron chi connectivity index (χ2n) is 8.73. The number of unbranched alkanes of at least 4 members (excludes halogenated alkanes) is 1. The number of amides is 1. The van der Waals surface area contributed by atoms with Gasteiger partial charge in [0.15, 0.2) is 0 Å². The largest absolute Gasteiger partial charge is 0.335 e.